The molecule has 1 unspecified atom stereocenters. The minimum absolute atomic E-state index is 0.178. The number of nitrogens with two attached hydrogens (primary N) is 1. The van der Waals surface area contributed by atoms with Crippen LogP contribution in [0, 0.1) is 0 Å². The van der Waals surface area contributed by atoms with Crippen molar-refractivity contribution < 1.29 is 4.79 Å². The lowest BCUT2D eigenvalue weighted by atomic mass is 10.0. The van der Waals surface area contributed by atoms with E-state index in [2.05, 4.69) is 38.1 Å². The molecule has 0 spiro atoms. The van der Waals surface area contributed by atoms with Crippen LogP contribution in [0.5, 0.6) is 0 Å². The maximum atomic E-state index is 12.0. The third-order valence-electron chi connectivity index (χ3n) is 3.87. The highest BCUT2D eigenvalue weighted by molar-refractivity contribution is 5.76. The van der Waals surface area contributed by atoms with E-state index in [0.717, 1.165) is 19.4 Å². The van der Waals surface area contributed by atoms with Crippen LogP contribution in [0.2, 0.25) is 0 Å². The lowest BCUT2D eigenvalue weighted by Gasteiger charge is -2.21. The van der Waals surface area contributed by atoms with Gasteiger partial charge < -0.3 is 10.6 Å². The van der Waals surface area contributed by atoms with Crippen molar-refractivity contribution in [3.63, 3.8) is 0 Å². The molecule has 1 aliphatic rings. The molecule has 2 N–H and O–H groups in total. The molecule has 0 radical (unpaired) electrons. The summed E-state index contributed by atoms with van der Waals surface area (Å²) in [5.41, 5.74) is 8.47. The fourth-order valence-electron chi connectivity index (χ4n) is 2.45. The van der Waals surface area contributed by atoms with E-state index in [1.165, 1.54) is 11.1 Å². The molecule has 1 saturated heterocycles. The van der Waals surface area contributed by atoms with Gasteiger partial charge in [-0.15, -0.1) is 0 Å². The minimum Gasteiger partial charge on any atom is -0.338 e. The molecule has 1 heterocycles. The first-order chi connectivity index (χ1) is 9.06. The zero-order chi connectivity index (χ0) is 13.8. The number of nitrogens with zero attached hydrogens (tertiary/aromatic N) is 1. The van der Waals surface area contributed by atoms with Crippen molar-refractivity contribution in [2.24, 2.45) is 5.73 Å². The summed E-state index contributed by atoms with van der Waals surface area (Å²) >= 11 is 0. The number of carbonyl (C=O) groups excluding carboxylic acids is 1. The molecule has 2 rings (SSSR count). The van der Waals surface area contributed by atoms with Gasteiger partial charge in [-0.25, -0.2) is 0 Å². The van der Waals surface area contributed by atoms with Crippen molar-refractivity contribution in [3.05, 3.63) is 35.4 Å². The molecule has 0 bridgehead atoms. The molecular weight excluding hydrogens is 236 g/mol. The maximum absolute atomic E-state index is 12.0. The Morgan fingerprint density at radius 3 is 2.58 bits per heavy atom. The third kappa shape index (κ3) is 3.80. The van der Waals surface area contributed by atoms with Gasteiger partial charge in [0, 0.05) is 25.6 Å². The Kier molecular flexibility index (Phi) is 4.59. The van der Waals surface area contributed by atoms with Gasteiger partial charge in [-0.2, -0.15) is 0 Å². The van der Waals surface area contributed by atoms with Crippen molar-refractivity contribution in [1.82, 2.24) is 4.90 Å². The van der Waals surface area contributed by atoms with Gasteiger partial charge in [-0.3, -0.25) is 4.79 Å². The van der Waals surface area contributed by atoms with Crippen LogP contribution in [-0.4, -0.2) is 23.4 Å². The molecule has 0 aliphatic carbocycles. The molecule has 1 atom stereocenters. The van der Waals surface area contributed by atoms with Gasteiger partial charge in [0.25, 0.3) is 0 Å². The van der Waals surface area contributed by atoms with Gasteiger partial charge >= 0.3 is 0 Å². The normalized spacial score (nSPS) is 20.7. The number of hydrogen-bond acceptors (Lipinski definition) is 2. The quantitative estimate of drug-likeness (QED) is 0.908. The van der Waals surface area contributed by atoms with Crippen LogP contribution in [0.1, 0.15) is 50.2 Å². The van der Waals surface area contributed by atoms with Crippen LogP contribution in [-0.2, 0) is 11.3 Å². The molecule has 3 heteroatoms. The summed E-state index contributed by atoms with van der Waals surface area (Å²) in [6.07, 6.45) is 2.32. The summed E-state index contributed by atoms with van der Waals surface area (Å²) in [5, 5.41) is 0. The number of amides is 1. The molecule has 0 aromatic heterocycles. The van der Waals surface area contributed by atoms with Crippen molar-refractivity contribution in [2.75, 3.05) is 6.54 Å². The average molecular weight is 260 g/mol. The van der Waals surface area contributed by atoms with Crippen molar-refractivity contribution in [1.29, 1.82) is 0 Å². The van der Waals surface area contributed by atoms with Gasteiger partial charge in [0.2, 0.25) is 5.91 Å². The Morgan fingerprint density at radius 2 is 1.95 bits per heavy atom. The van der Waals surface area contributed by atoms with E-state index in [1.807, 2.05) is 4.90 Å². The molecule has 19 heavy (non-hydrogen) atoms. The molecule has 1 aliphatic heterocycles. The molecule has 1 amide bonds. The van der Waals surface area contributed by atoms with E-state index in [1.54, 1.807) is 0 Å². The summed E-state index contributed by atoms with van der Waals surface area (Å²) in [6, 6.07) is 8.76. The van der Waals surface area contributed by atoms with Crippen molar-refractivity contribution in [3.8, 4) is 0 Å². The predicted molar refractivity (Wildman–Crippen MR) is 77.8 cm³/mol. The van der Waals surface area contributed by atoms with Crippen LogP contribution in [0.15, 0.2) is 24.3 Å². The topological polar surface area (TPSA) is 46.3 Å². The maximum Gasteiger partial charge on any atom is 0.222 e. The van der Waals surface area contributed by atoms with Crippen molar-refractivity contribution in [2.45, 2.75) is 51.6 Å². The SMILES string of the molecule is CC(C)c1ccc(CN2CCC(N)CCC2=O)cc1. The van der Waals surface area contributed by atoms with E-state index in [4.69, 9.17) is 5.73 Å². The third-order valence-corrected chi connectivity index (χ3v) is 3.87. The average Bonchev–Trinajstić information content (AvgIpc) is 2.55. The molecule has 1 aromatic carbocycles. The van der Waals surface area contributed by atoms with E-state index in [0.29, 0.717) is 18.9 Å². The minimum atomic E-state index is 0.178. The molecule has 1 fully saturated rings. The summed E-state index contributed by atoms with van der Waals surface area (Å²) < 4.78 is 0. The largest absolute Gasteiger partial charge is 0.338 e. The van der Waals surface area contributed by atoms with E-state index in [-0.39, 0.29) is 11.9 Å². The van der Waals surface area contributed by atoms with Crippen LogP contribution in [0.3, 0.4) is 0 Å². The first-order valence-corrected chi connectivity index (χ1v) is 7.18. The lowest BCUT2D eigenvalue weighted by molar-refractivity contribution is -0.131. The van der Waals surface area contributed by atoms with Crippen LogP contribution in [0.4, 0.5) is 0 Å². The lowest BCUT2D eigenvalue weighted by Crippen LogP contribution is -2.30. The second-order valence-electron chi connectivity index (χ2n) is 5.80. The Bertz CT molecular complexity index is 425. The number of hydrogen-bond donors (Lipinski definition) is 1. The Balaban J connectivity index is 2.01. The first-order valence-electron chi connectivity index (χ1n) is 7.18. The Hall–Kier alpha value is -1.35. The predicted octanol–water partition coefficient (Wildman–Crippen LogP) is 2.65. The Morgan fingerprint density at radius 1 is 1.26 bits per heavy atom. The molecule has 104 valence electrons. The van der Waals surface area contributed by atoms with Gasteiger partial charge in [0.15, 0.2) is 0 Å². The van der Waals surface area contributed by atoms with Gasteiger partial charge in [0.1, 0.15) is 0 Å². The van der Waals surface area contributed by atoms with Gasteiger partial charge in [0.05, 0.1) is 0 Å². The number of carbonyl (C=O) groups is 1. The smallest absolute Gasteiger partial charge is 0.222 e. The van der Waals surface area contributed by atoms with Gasteiger partial charge in [-0.1, -0.05) is 38.1 Å². The number of benzene rings is 1. The van der Waals surface area contributed by atoms with Crippen LogP contribution in [0.25, 0.3) is 0 Å². The molecule has 1 aromatic rings. The standard InChI is InChI=1S/C16H24N2O/c1-12(2)14-5-3-13(4-6-14)11-18-10-9-15(17)7-8-16(18)19/h3-6,12,15H,7-11,17H2,1-2H3. The summed E-state index contributed by atoms with van der Waals surface area (Å²) in [4.78, 5) is 14.0. The second-order valence-corrected chi connectivity index (χ2v) is 5.80. The number of likely N-dealkylation sites (tertiary alicyclic amines) is 1. The summed E-state index contributed by atoms with van der Waals surface area (Å²) in [5.74, 6) is 0.785. The second kappa shape index (κ2) is 6.20. The fourth-order valence-corrected chi connectivity index (χ4v) is 2.45. The van der Waals surface area contributed by atoms with E-state index >= 15 is 0 Å². The van der Waals surface area contributed by atoms with E-state index in [9.17, 15) is 4.79 Å². The zero-order valence-corrected chi connectivity index (χ0v) is 11.9. The summed E-state index contributed by atoms with van der Waals surface area (Å²) in [7, 11) is 0. The fraction of sp³-hybridized carbons (Fsp3) is 0.562. The highest BCUT2D eigenvalue weighted by Gasteiger charge is 2.20. The zero-order valence-electron chi connectivity index (χ0n) is 11.9. The van der Waals surface area contributed by atoms with E-state index < -0.39 is 0 Å². The highest BCUT2D eigenvalue weighted by atomic mass is 16.2. The highest BCUT2D eigenvalue weighted by Crippen LogP contribution is 2.17. The Labute approximate surface area is 115 Å². The van der Waals surface area contributed by atoms with Crippen LogP contribution < -0.4 is 5.73 Å². The monoisotopic (exact) mass is 260 g/mol. The van der Waals surface area contributed by atoms with Crippen molar-refractivity contribution >= 4 is 5.91 Å². The summed E-state index contributed by atoms with van der Waals surface area (Å²) in [6.45, 7) is 5.87. The number of rotatable bonds is 3. The van der Waals surface area contributed by atoms with Gasteiger partial charge in [-0.05, 0) is 29.9 Å². The first kappa shape index (κ1) is 14.1. The molecule has 3 nitrogen and oxygen atoms in total. The molecule has 0 saturated carbocycles. The molecular formula is C16H24N2O. The van der Waals surface area contributed by atoms with Crippen LogP contribution >= 0.6 is 0 Å².